The molecule has 1 aliphatic rings. The molecule has 2 N–H and O–H groups in total. The first-order valence-electron chi connectivity index (χ1n) is 5.01. The van der Waals surface area contributed by atoms with Gasteiger partial charge in [0.2, 0.25) is 0 Å². The summed E-state index contributed by atoms with van der Waals surface area (Å²) in [5.74, 6) is -0.165. The standard InChI is InChI=1S/C10H17NO3/c1-6(2)3-4-8(12)10-7(11-10)5-9(13)14/h6-7,10-11H,3-5H2,1-2H3,(H,13,14). The van der Waals surface area contributed by atoms with Gasteiger partial charge in [0.05, 0.1) is 12.5 Å². The van der Waals surface area contributed by atoms with Crippen LogP contribution in [-0.4, -0.2) is 28.9 Å². The monoisotopic (exact) mass is 199 g/mol. The molecule has 4 nitrogen and oxygen atoms in total. The molecular weight excluding hydrogens is 182 g/mol. The van der Waals surface area contributed by atoms with Gasteiger partial charge in [0.25, 0.3) is 0 Å². The zero-order chi connectivity index (χ0) is 10.7. The van der Waals surface area contributed by atoms with E-state index in [-0.39, 0.29) is 24.3 Å². The molecule has 0 spiro atoms. The van der Waals surface area contributed by atoms with Crippen LogP contribution in [0.3, 0.4) is 0 Å². The number of rotatable bonds is 6. The van der Waals surface area contributed by atoms with Crippen molar-refractivity contribution in [3.63, 3.8) is 0 Å². The lowest BCUT2D eigenvalue weighted by molar-refractivity contribution is -0.136. The molecule has 2 unspecified atom stereocenters. The second kappa shape index (κ2) is 4.55. The Bertz CT molecular complexity index is 238. The summed E-state index contributed by atoms with van der Waals surface area (Å²) in [6.07, 6.45) is 1.50. The van der Waals surface area contributed by atoms with Crippen LogP contribution >= 0.6 is 0 Å². The Balaban J connectivity index is 2.19. The number of ketones is 1. The summed E-state index contributed by atoms with van der Waals surface area (Å²) in [6, 6.07) is -0.308. The number of hydrogen-bond acceptors (Lipinski definition) is 3. The van der Waals surface area contributed by atoms with E-state index >= 15 is 0 Å². The first-order valence-corrected chi connectivity index (χ1v) is 5.01. The van der Waals surface area contributed by atoms with Gasteiger partial charge in [-0.3, -0.25) is 9.59 Å². The Morgan fingerprint density at radius 3 is 2.57 bits per heavy atom. The maximum absolute atomic E-state index is 11.4. The van der Waals surface area contributed by atoms with Crippen molar-refractivity contribution >= 4 is 11.8 Å². The molecule has 14 heavy (non-hydrogen) atoms. The van der Waals surface area contributed by atoms with Crippen molar-refractivity contribution in [2.75, 3.05) is 0 Å². The summed E-state index contributed by atoms with van der Waals surface area (Å²) in [5.41, 5.74) is 0. The summed E-state index contributed by atoms with van der Waals surface area (Å²) in [4.78, 5) is 21.8. The van der Waals surface area contributed by atoms with Crippen LogP contribution in [0.5, 0.6) is 0 Å². The molecule has 0 aliphatic carbocycles. The zero-order valence-corrected chi connectivity index (χ0v) is 8.62. The molecule has 80 valence electrons. The molecule has 0 bridgehead atoms. The smallest absolute Gasteiger partial charge is 0.305 e. The van der Waals surface area contributed by atoms with E-state index in [0.717, 1.165) is 6.42 Å². The van der Waals surface area contributed by atoms with Crippen molar-refractivity contribution in [1.29, 1.82) is 0 Å². The quantitative estimate of drug-likeness (QED) is 0.620. The van der Waals surface area contributed by atoms with E-state index in [1.807, 2.05) is 0 Å². The van der Waals surface area contributed by atoms with Crippen LogP contribution in [0, 0.1) is 5.92 Å². The van der Waals surface area contributed by atoms with E-state index in [4.69, 9.17) is 5.11 Å². The van der Waals surface area contributed by atoms with Gasteiger partial charge in [0, 0.05) is 12.5 Å². The number of Topliss-reactive ketones (excluding diaryl/α,β-unsaturated/α-hetero) is 1. The number of carboxylic acids is 1. The Kier molecular flexibility index (Phi) is 3.63. The molecule has 0 aromatic carbocycles. The van der Waals surface area contributed by atoms with E-state index in [1.54, 1.807) is 0 Å². The molecular formula is C10H17NO3. The van der Waals surface area contributed by atoms with Gasteiger partial charge in [0.1, 0.15) is 0 Å². The molecule has 0 saturated carbocycles. The van der Waals surface area contributed by atoms with Crippen LogP contribution in [-0.2, 0) is 9.59 Å². The van der Waals surface area contributed by atoms with Crippen molar-refractivity contribution in [3.05, 3.63) is 0 Å². The number of carboxylic acid groups (broad SMARTS) is 1. The van der Waals surface area contributed by atoms with Crippen molar-refractivity contribution in [1.82, 2.24) is 5.32 Å². The predicted molar refractivity (Wildman–Crippen MR) is 52.0 cm³/mol. The number of carbonyl (C=O) groups is 2. The molecule has 0 radical (unpaired) electrons. The lowest BCUT2D eigenvalue weighted by atomic mass is 10.0. The summed E-state index contributed by atoms with van der Waals surface area (Å²) < 4.78 is 0. The van der Waals surface area contributed by atoms with Gasteiger partial charge in [-0.1, -0.05) is 13.8 Å². The van der Waals surface area contributed by atoms with Crippen molar-refractivity contribution in [3.8, 4) is 0 Å². The van der Waals surface area contributed by atoms with Crippen LogP contribution in [0.2, 0.25) is 0 Å². The third-order valence-electron chi connectivity index (χ3n) is 2.40. The zero-order valence-electron chi connectivity index (χ0n) is 8.62. The van der Waals surface area contributed by atoms with Crippen molar-refractivity contribution < 1.29 is 14.7 Å². The van der Waals surface area contributed by atoms with Gasteiger partial charge in [0.15, 0.2) is 5.78 Å². The van der Waals surface area contributed by atoms with Crippen LogP contribution in [0.15, 0.2) is 0 Å². The first kappa shape index (κ1) is 11.2. The molecule has 1 saturated heterocycles. The Labute approximate surface area is 83.7 Å². The molecule has 2 atom stereocenters. The van der Waals surface area contributed by atoms with Crippen LogP contribution < -0.4 is 5.32 Å². The molecule has 1 aliphatic heterocycles. The molecule has 1 rings (SSSR count). The minimum absolute atomic E-state index is 0.0537. The van der Waals surface area contributed by atoms with Crippen molar-refractivity contribution in [2.24, 2.45) is 5.92 Å². The van der Waals surface area contributed by atoms with Gasteiger partial charge < -0.3 is 10.4 Å². The molecule has 0 amide bonds. The number of hydrogen-bond donors (Lipinski definition) is 2. The Hall–Kier alpha value is -0.900. The topological polar surface area (TPSA) is 76.3 Å². The molecule has 1 heterocycles. The molecule has 1 fully saturated rings. The highest BCUT2D eigenvalue weighted by molar-refractivity contribution is 5.88. The van der Waals surface area contributed by atoms with E-state index in [0.29, 0.717) is 12.3 Å². The third-order valence-corrected chi connectivity index (χ3v) is 2.40. The van der Waals surface area contributed by atoms with Crippen molar-refractivity contribution in [2.45, 2.75) is 45.2 Å². The summed E-state index contributed by atoms with van der Waals surface area (Å²) in [5, 5.41) is 11.4. The highest BCUT2D eigenvalue weighted by Gasteiger charge is 2.42. The second-order valence-corrected chi connectivity index (χ2v) is 4.25. The van der Waals surface area contributed by atoms with Crippen LogP contribution in [0.1, 0.15) is 33.1 Å². The van der Waals surface area contributed by atoms with E-state index in [9.17, 15) is 9.59 Å². The second-order valence-electron chi connectivity index (χ2n) is 4.25. The fourth-order valence-corrected chi connectivity index (χ4v) is 1.44. The highest BCUT2D eigenvalue weighted by atomic mass is 16.4. The predicted octanol–water partition coefficient (Wildman–Crippen LogP) is 0.807. The largest absolute Gasteiger partial charge is 0.481 e. The van der Waals surface area contributed by atoms with Gasteiger partial charge >= 0.3 is 5.97 Å². The average molecular weight is 199 g/mol. The van der Waals surface area contributed by atoms with Gasteiger partial charge in [-0.2, -0.15) is 0 Å². The van der Waals surface area contributed by atoms with E-state index in [2.05, 4.69) is 19.2 Å². The normalized spacial score (nSPS) is 25.1. The summed E-state index contributed by atoms with van der Waals surface area (Å²) >= 11 is 0. The van der Waals surface area contributed by atoms with E-state index in [1.165, 1.54) is 0 Å². The van der Waals surface area contributed by atoms with E-state index < -0.39 is 5.97 Å². The Morgan fingerprint density at radius 2 is 2.07 bits per heavy atom. The Morgan fingerprint density at radius 1 is 1.43 bits per heavy atom. The minimum Gasteiger partial charge on any atom is -0.481 e. The number of carbonyl (C=O) groups excluding carboxylic acids is 1. The highest BCUT2D eigenvalue weighted by Crippen LogP contribution is 2.19. The third kappa shape index (κ3) is 3.46. The summed E-state index contributed by atoms with van der Waals surface area (Å²) in [6.45, 7) is 4.14. The maximum Gasteiger partial charge on any atom is 0.305 e. The van der Waals surface area contributed by atoms with Gasteiger partial charge in [-0.05, 0) is 12.3 Å². The van der Waals surface area contributed by atoms with Crippen LogP contribution in [0.4, 0.5) is 0 Å². The lowest BCUT2D eigenvalue weighted by Crippen LogP contribution is -2.13. The number of aliphatic carboxylic acids is 1. The summed E-state index contributed by atoms with van der Waals surface area (Å²) in [7, 11) is 0. The SMILES string of the molecule is CC(C)CCC(=O)C1NC1CC(=O)O. The van der Waals surface area contributed by atoms with Gasteiger partial charge in [-0.15, -0.1) is 0 Å². The maximum atomic E-state index is 11.4. The average Bonchev–Trinajstić information content (AvgIpc) is 2.78. The fourth-order valence-electron chi connectivity index (χ4n) is 1.44. The number of nitrogens with one attached hydrogen (secondary N) is 1. The van der Waals surface area contributed by atoms with Gasteiger partial charge in [-0.25, -0.2) is 0 Å². The molecule has 4 heteroatoms. The minimum atomic E-state index is -0.846. The van der Waals surface area contributed by atoms with Crippen LogP contribution in [0.25, 0.3) is 0 Å². The first-order chi connectivity index (χ1) is 6.50. The molecule has 0 aromatic heterocycles. The fraction of sp³-hybridized carbons (Fsp3) is 0.800. The lowest BCUT2D eigenvalue weighted by Gasteiger charge is -2.01. The molecule has 0 aromatic rings.